The number of carbonyl (C=O) groups is 2. The summed E-state index contributed by atoms with van der Waals surface area (Å²) < 4.78 is 11.9. The van der Waals surface area contributed by atoms with Crippen LogP contribution in [0.5, 0.6) is 11.5 Å². The Morgan fingerprint density at radius 2 is 1.90 bits per heavy atom. The third-order valence-electron chi connectivity index (χ3n) is 5.08. The molecule has 1 aliphatic heterocycles. The number of hydrogen-bond acceptors (Lipinski definition) is 6. The van der Waals surface area contributed by atoms with Crippen molar-refractivity contribution < 1.29 is 24.2 Å². The predicted molar refractivity (Wildman–Crippen MR) is 125 cm³/mol. The number of carbonyl (C=O) groups excluding carboxylic acids is 1. The lowest BCUT2D eigenvalue weighted by Gasteiger charge is -2.26. The monoisotopic (exact) mass is 511 g/mol. The van der Waals surface area contributed by atoms with Crippen LogP contribution in [0.4, 0.5) is 0 Å². The van der Waals surface area contributed by atoms with Gasteiger partial charge in [0.25, 0.3) is 5.91 Å². The van der Waals surface area contributed by atoms with E-state index in [1.54, 1.807) is 28.1 Å². The highest BCUT2D eigenvalue weighted by Crippen LogP contribution is 2.43. The largest absolute Gasteiger partial charge is 0.493 e. The smallest absolute Gasteiger partial charge is 0.327 e. The first-order chi connectivity index (χ1) is 14.2. The van der Waals surface area contributed by atoms with Gasteiger partial charge in [0.15, 0.2) is 11.5 Å². The molecule has 1 aromatic rings. The van der Waals surface area contributed by atoms with Crippen LogP contribution in [-0.4, -0.2) is 46.5 Å². The minimum Gasteiger partial charge on any atom is -0.493 e. The summed E-state index contributed by atoms with van der Waals surface area (Å²) in [4.78, 5) is 26.3. The number of carboxylic acids is 1. The second kappa shape index (κ2) is 9.11. The van der Waals surface area contributed by atoms with E-state index in [1.807, 2.05) is 18.2 Å². The van der Waals surface area contributed by atoms with E-state index in [-0.39, 0.29) is 16.1 Å². The molecular weight excluding hydrogens is 490 g/mol. The Morgan fingerprint density at radius 1 is 1.27 bits per heavy atom. The van der Waals surface area contributed by atoms with E-state index < -0.39 is 12.0 Å². The number of thiocarbonyl (C=S) groups is 1. The topological polar surface area (TPSA) is 76.1 Å². The van der Waals surface area contributed by atoms with Gasteiger partial charge in [0.2, 0.25) is 0 Å². The van der Waals surface area contributed by atoms with Crippen molar-refractivity contribution in [3.63, 3.8) is 0 Å². The molecule has 6 nitrogen and oxygen atoms in total. The van der Waals surface area contributed by atoms with Crippen molar-refractivity contribution in [1.82, 2.24) is 4.90 Å². The molecule has 3 rings (SSSR count). The first-order valence-electron chi connectivity index (χ1n) is 9.33. The summed E-state index contributed by atoms with van der Waals surface area (Å²) in [5.74, 6) is -0.386. The molecule has 0 bridgehead atoms. The predicted octanol–water partition coefficient (Wildman–Crippen LogP) is 4.61. The van der Waals surface area contributed by atoms with Crippen molar-refractivity contribution in [2.75, 3.05) is 14.2 Å². The summed E-state index contributed by atoms with van der Waals surface area (Å²) in [6.45, 7) is 3.53. The molecule has 1 heterocycles. The fraction of sp³-hybridized carbons (Fsp3) is 0.381. The lowest BCUT2D eigenvalue weighted by molar-refractivity contribution is -0.146. The third-order valence-corrected chi connectivity index (χ3v) is 7.35. The van der Waals surface area contributed by atoms with Gasteiger partial charge in [0.1, 0.15) is 10.4 Å². The minimum atomic E-state index is -1.06. The van der Waals surface area contributed by atoms with Gasteiger partial charge in [-0.25, -0.2) is 4.79 Å². The normalized spacial score (nSPS) is 18.9. The van der Waals surface area contributed by atoms with E-state index in [9.17, 15) is 14.7 Å². The average Bonchev–Trinajstić information content (AvgIpc) is 2.96. The maximum atomic E-state index is 13.0. The Balaban J connectivity index is 1.98. The molecule has 1 N–H and O–H groups in total. The van der Waals surface area contributed by atoms with Crippen molar-refractivity contribution in [1.29, 1.82) is 0 Å². The highest BCUT2D eigenvalue weighted by Gasteiger charge is 2.42. The maximum Gasteiger partial charge on any atom is 0.327 e. The molecule has 160 valence electrons. The van der Waals surface area contributed by atoms with Gasteiger partial charge in [-0.1, -0.05) is 37.8 Å². The number of benzene rings is 1. The Hall–Kier alpha value is -1.84. The number of fused-ring (bicyclic) bond motifs is 1. The summed E-state index contributed by atoms with van der Waals surface area (Å²) in [5, 5.41) is 9.57. The summed E-state index contributed by atoms with van der Waals surface area (Å²) >= 11 is 10.2. The highest BCUT2D eigenvalue weighted by atomic mass is 79.9. The zero-order chi connectivity index (χ0) is 22.2. The van der Waals surface area contributed by atoms with Gasteiger partial charge in [0, 0.05) is 4.48 Å². The number of hydrogen-bond donors (Lipinski definition) is 1. The van der Waals surface area contributed by atoms with Crippen molar-refractivity contribution >= 4 is 60.6 Å². The molecule has 1 fully saturated rings. The van der Waals surface area contributed by atoms with Crippen LogP contribution in [0.25, 0.3) is 4.48 Å². The molecule has 2 aliphatic rings. The van der Waals surface area contributed by atoms with E-state index in [0.29, 0.717) is 16.4 Å². The first-order valence-corrected chi connectivity index (χ1v) is 11.3. The zero-order valence-corrected chi connectivity index (χ0v) is 20.2. The first kappa shape index (κ1) is 22.8. The van der Waals surface area contributed by atoms with Crippen molar-refractivity contribution in [2.45, 2.75) is 32.7 Å². The van der Waals surface area contributed by atoms with Crippen LogP contribution in [0, 0.1) is 5.92 Å². The summed E-state index contributed by atoms with van der Waals surface area (Å²) in [6, 6.07) is 2.89. The second-order valence-corrected chi connectivity index (χ2v) is 9.75. The van der Waals surface area contributed by atoms with Gasteiger partial charge in [0.05, 0.1) is 19.1 Å². The minimum absolute atomic E-state index is 0.265. The van der Waals surface area contributed by atoms with E-state index in [4.69, 9.17) is 21.7 Å². The van der Waals surface area contributed by atoms with Gasteiger partial charge in [-0.2, -0.15) is 0 Å². The number of allylic oxidation sites excluding steroid dienone is 2. The SMILES string of the molecule is COc1cc2c(cc1OC)C(Br)=C(/C=C1/SC(=S)N(C(C(=O)O)C(C)C)C1=O)CC2. The standard InChI is InChI=1S/C21H22BrNO5S2/c1-10(2)18(20(25)26)23-19(24)16(30-21(23)29)8-12-6-5-11-7-14(27-3)15(28-4)9-13(11)17(12)22/h7-10,18H,5-6H2,1-4H3,(H,25,26)/b16-8+. The van der Waals surface area contributed by atoms with E-state index >= 15 is 0 Å². The van der Waals surface area contributed by atoms with E-state index in [1.165, 1.54) is 4.90 Å². The molecule has 30 heavy (non-hydrogen) atoms. The van der Waals surface area contributed by atoms with Crippen molar-refractivity contribution in [2.24, 2.45) is 5.92 Å². The van der Waals surface area contributed by atoms with Crippen LogP contribution in [-0.2, 0) is 16.0 Å². The third kappa shape index (κ3) is 4.15. The van der Waals surface area contributed by atoms with Gasteiger partial charge in [-0.05, 0) is 69.6 Å². The Labute approximate surface area is 193 Å². The number of halogens is 1. The number of rotatable bonds is 6. The molecule has 1 amide bonds. The zero-order valence-electron chi connectivity index (χ0n) is 17.0. The highest BCUT2D eigenvalue weighted by molar-refractivity contribution is 9.15. The van der Waals surface area contributed by atoms with Crippen LogP contribution in [0.1, 0.15) is 31.4 Å². The molecule has 0 aromatic heterocycles. The second-order valence-electron chi connectivity index (χ2n) is 7.28. The van der Waals surface area contributed by atoms with Crippen molar-refractivity contribution in [3.05, 3.63) is 39.8 Å². The van der Waals surface area contributed by atoms with Crippen LogP contribution >= 0.6 is 39.9 Å². The number of aliphatic carboxylic acids is 1. The fourth-order valence-electron chi connectivity index (χ4n) is 3.59. The number of ether oxygens (including phenoxy) is 2. The number of carboxylic acid groups (broad SMARTS) is 1. The molecule has 1 aromatic carbocycles. The number of amides is 1. The molecule has 1 saturated heterocycles. The lowest BCUT2D eigenvalue weighted by atomic mass is 9.91. The molecular formula is C21H22BrNO5S2. The van der Waals surface area contributed by atoms with Crippen LogP contribution in [0.3, 0.4) is 0 Å². The fourth-order valence-corrected chi connectivity index (χ4v) is 5.61. The van der Waals surface area contributed by atoms with Gasteiger partial charge < -0.3 is 14.6 Å². The number of aryl methyl sites for hydroxylation is 1. The summed E-state index contributed by atoms with van der Waals surface area (Å²) in [6.07, 6.45) is 3.31. The van der Waals surface area contributed by atoms with Crippen LogP contribution < -0.4 is 9.47 Å². The van der Waals surface area contributed by atoms with Gasteiger partial charge in [-0.15, -0.1) is 0 Å². The number of methoxy groups -OCH3 is 2. The van der Waals surface area contributed by atoms with Gasteiger partial charge in [-0.3, -0.25) is 9.69 Å². The molecule has 0 spiro atoms. The molecule has 9 heteroatoms. The Kier molecular flexibility index (Phi) is 6.94. The molecule has 0 saturated carbocycles. The molecule has 1 aliphatic carbocycles. The van der Waals surface area contributed by atoms with Crippen molar-refractivity contribution in [3.8, 4) is 11.5 Å². The van der Waals surface area contributed by atoms with Crippen LogP contribution in [0.2, 0.25) is 0 Å². The van der Waals surface area contributed by atoms with E-state index in [0.717, 1.165) is 45.8 Å². The van der Waals surface area contributed by atoms with E-state index in [2.05, 4.69) is 15.9 Å². The lowest BCUT2D eigenvalue weighted by Crippen LogP contribution is -2.47. The molecule has 1 unspecified atom stereocenters. The maximum absolute atomic E-state index is 13.0. The Bertz CT molecular complexity index is 986. The summed E-state index contributed by atoms with van der Waals surface area (Å²) in [7, 11) is 3.19. The number of nitrogens with zero attached hydrogens (tertiary/aromatic N) is 1. The van der Waals surface area contributed by atoms with Crippen LogP contribution in [0.15, 0.2) is 28.7 Å². The van der Waals surface area contributed by atoms with Gasteiger partial charge >= 0.3 is 5.97 Å². The quantitative estimate of drug-likeness (QED) is 0.441. The summed E-state index contributed by atoms with van der Waals surface area (Å²) in [5.41, 5.74) is 3.05. The average molecular weight is 512 g/mol. The number of thioether (sulfide) groups is 1. The molecule has 0 radical (unpaired) electrons. The molecule has 1 atom stereocenters. The Morgan fingerprint density at radius 3 is 2.47 bits per heavy atom.